The smallest absolute Gasteiger partial charge is 0.241 e. The van der Waals surface area contributed by atoms with Gasteiger partial charge >= 0.3 is 0 Å². The molecule has 0 bridgehead atoms. The molecule has 116 valence electrons. The number of nitrogens with one attached hydrogen (secondary N) is 1. The summed E-state index contributed by atoms with van der Waals surface area (Å²) in [6.45, 7) is 4.27. The first kappa shape index (κ1) is 16.1. The predicted molar refractivity (Wildman–Crippen MR) is 81.5 cm³/mol. The molecule has 1 amide bonds. The van der Waals surface area contributed by atoms with Gasteiger partial charge in [0.05, 0.1) is 6.04 Å². The number of hydrogen-bond acceptors (Lipinski definition) is 3. The van der Waals surface area contributed by atoms with Gasteiger partial charge in [0.1, 0.15) is 12.0 Å². The molecule has 3 atom stereocenters. The maximum atomic E-state index is 14.0. The minimum absolute atomic E-state index is 0.0521. The van der Waals surface area contributed by atoms with Crippen molar-refractivity contribution in [1.29, 1.82) is 0 Å². The van der Waals surface area contributed by atoms with Gasteiger partial charge in [-0.25, -0.2) is 4.39 Å². The van der Waals surface area contributed by atoms with Gasteiger partial charge in [0.2, 0.25) is 5.91 Å². The van der Waals surface area contributed by atoms with E-state index in [0.29, 0.717) is 17.9 Å². The number of nitrogens with zero attached hydrogens (tertiary/aromatic N) is 1. The highest BCUT2D eigenvalue weighted by molar-refractivity contribution is 7.84. The fourth-order valence-corrected chi connectivity index (χ4v) is 2.99. The molecule has 1 heterocycles. The lowest BCUT2D eigenvalue weighted by Crippen LogP contribution is -2.36. The summed E-state index contributed by atoms with van der Waals surface area (Å²) < 4.78 is 25.3. The second-order valence-corrected chi connectivity index (χ2v) is 7.18. The van der Waals surface area contributed by atoms with Crippen molar-refractivity contribution in [2.75, 3.05) is 18.6 Å². The summed E-state index contributed by atoms with van der Waals surface area (Å²) in [7, 11) is -0.991. The lowest BCUT2D eigenvalue weighted by molar-refractivity contribution is -0.130. The molecule has 2 rings (SSSR count). The third kappa shape index (κ3) is 3.49. The van der Waals surface area contributed by atoms with Crippen molar-refractivity contribution >= 4 is 16.7 Å². The first-order chi connectivity index (χ1) is 9.91. The summed E-state index contributed by atoms with van der Waals surface area (Å²) in [5, 5.41) is 3.21. The van der Waals surface area contributed by atoms with Crippen LogP contribution in [0.15, 0.2) is 24.3 Å². The number of carbonyl (C=O) groups is 1. The lowest BCUT2D eigenvalue weighted by atomic mass is 10.1. The average Bonchev–Trinajstić information content (AvgIpc) is 2.74. The first-order valence-electron chi connectivity index (χ1n) is 7.02. The third-order valence-corrected chi connectivity index (χ3v) is 4.44. The standard InChI is InChI=1S/C15H21FN2O2S/c1-10(2)13-15(19)18(8-9-21(3)20)14(17-13)11-6-4-5-7-12(11)16/h4-7,10,13-14,17H,8-9H2,1-3H3. The van der Waals surface area contributed by atoms with Crippen molar-refractivity contribution in [2.45, 2.75) is 26.1 Å². The van der Waals surface area contributed by atoms with E-state index in [1.54, 1.807) is 29.4 Å². The Morgan fingerprint density at radius 2 is 2.05 bits per heavy atom. The summed E-state index contributed by atoms with van der Waals surface area (Å²) in [5.74, 6) is 0.117. The van der Waals surface area contributed by atoms with Crippen LogP contribution in [0.4, 0.5) is 4.39 Å². The van der Waals surface area contributed by atoms with Crippen LogP contribution >= 0.6 is 0 Å². The Balaban J connectivity index is 2.30. The summed E-state index contributed by atoms with van der Waals surface area (Å²) in [6, 6.07) is 6.11. The van der Waals surface area contributed by atoms with Crippen LogP contribution < -0.4 is 5.32 Å². The average molecular weight is 312 g/mol. The Labute approximate surface area is 127 Å². The molecule has 1 aliphatic rings. The Bertz CT molecular complexity index is 550. The largest absolute Gasteiger partial charge is 0.321 e. The van der Waals surface area contributed by atoms with E-state index in [-0.39, 0.29) is 23.7 Å². The molecule has 1 aromatic carbocycles. The van der Waals surface area contributed by atoms with Gasteiger partial charge in [-0.05, 0) is 12.0 Å². The van der Waals surface area contributed by atoms with Gasteiger partial charge in [-0.1, -0.05) is 32.0 Å². The molecule has 0 aliphatic carbocycles. The van der Waals surface area contributed by atoms with Crippen LogP contribution in [-0.2, 0) is 15.6 Å². The SMILES string of the molecule is CC(C)C1NC(c2ccccc2F)N(CCS(C)=O)C1=O. The van der Waals surface area contributed by atoms with E-state index in [1.807, 2.05) is 13.8 Å². The number of carbonyl (C=O) groups excluding carboxylic acids is 1. The zero-order chi connectivity index (χ0) is 15.6. The topological polar surface area (TPSA) is 49.4 Å². The van der Waals surface area contributed by atoms with Gasteiger partial charge in [-0.15, -0.1) is 0 Å². The Morgan fingerprint density at radius 1 is 1.38 bits per heavy atom. The van der Waals surface area contributed by atoms with E-state index in [9.17, 15) is 13.4 Å². The van der Waals surface area contributed by atoms with E-state index in [2.05, 4.69) is 5.32 Å². The lowest BCUT2D eigenvalue weighted by Gasteiger charge is -2.24. The number of halogens is 1. The van der Waals surface area contributed by atoms with Crippen molar-refractivity contribution in [3.05, 3.63) is 35.6 Å². The van der Waals surface area contributed by atoms with E-state index in [0.717, 1.165) is 0 Å². The van der Waals surface area contributed by atoms with Crippen LogP contribution in [0.3, 0.4) is 0 Å². The molecule has 4 nitrogen and oxygen atoms in total. The maximum Gasteiger partial charge on any atom is 0.241 e. The summed E-state index contributed by atoms with van der Waals surface area (Å²) in [4.78, 5) is 14.1. The minimum Gasteiger partial charge on any atom is -0.321 e. The van der Waals surface area contributed by atoms with E-state index >= 15 is 0 Å². The predicted octanol–water partition coefficient (Wildman–Crippen LogP) is 1.66. The third-order valence-electron chi connectivity index (χ3n) is 3.68. The van der Waals surface area contributed by atoms with Gasteiger partial charge in [0.25, 0.3) is 0 Å². The second-order valence-electron chi connectivity index (χ2n) is 5.62. The molecule has 21 heavy (non-hydrogen) atoms. The van der Waals surface area contributed by atoms with Crippen LogP contribution in [-0.4, -0.2) is 39.6 Å². The minimum atomic E-state index is -0.991. The highest BCUT2D eigenvalue weighted by Gasteiger charge is 2.41. The van der Waals surface area contributed by atoms with Crippen molar-refractivity contribution in [2.24, 2.45) is 5.92 Å². The molecule has 1 N–H and O–H groups in total. The van der Waals surface area contributed by atoms with Gasteiger partial charge in [-0.3, -0.25) is 14.3 Å². The highest BCUT2D eigenvalue weighted by Crippen LogP contribution is 2.29. The molecule has 0 aromatic heterocycles. The van der Waals surface area contributed by atoms with Crippen LogP contribution in [0, 0.1) is 11.7 Å². The first-order valence-corrected chi connectivity index (χ1v) is 8.75. The zero-order valence-corrected chi connectivity index (χ0v) is 13.3. The molecule has 1 aliphatic heterocycles. The molecular formula is C15H21FN2O2S. The van der Waals surface area contributed by atoms with Crippen LogP contribution in [0.25, 0.3) is 0 Å². The Morgan fingerprint density at radius 3 is 2.62 bits per heavy atom. The van der Waals surface area contributed by atoms with Crippen LogP contribution in [0.2, 0.25) is 0 Å². The molecule has 1 aromatic rings. The van der Waals surface area contributed by atoms with Crippen molar-refractivity contribution < 1.29 is 13.4 Å². The molecule has 0 radical (unpaired) electrons. The fraction of sp³-hybridized carbons (Fsp3) is 0.533. The molecule has 1 fully saturated rings. The fourth-order valence-electron chi connectivity index (χ4n) is 2.54. The Kier molecular flexibility index (Phi) is 5.11. The summed E-state index contributed by atoms with van der Waals surface area (Å²) in [6.07, 6.45) is 1.11. The van der Waals surface area contributed by atoms with E-state index in [1.165, 1.54) is 6.07 Å². The molecule has 1 saturated heterocycles. The van der Waals surface area contributed by atoms with Crippen molar-refractivity contribution in [1.82, 2.24) is 10.2 Å². The number of benzene rings is 1. The van der Waals surface area contributed by atoms with Crippen LogP contribution in [0.5, 0.6) is 0 Å². The molecule has 3 unspecified atom stereocenters. The van der Waals surface area contributed by atoms with Crippen molar-refractivity contribution in [3.63, 3.8) is 0 Å². The molecule has 0 spiro atoms. The monoisotopic (exact) mass is 312 g/mol. The van der Waals surface area contributed by atoms with Crippen LogP contribution in [0.1, 0.15) is 25.6 Å². The zero-order valence-electron chi connectivity index (χ0n) is 12.5. The molecule has 6 heteroatoms. The molecule has 0 saturated carbocycles. The number of hydrogen-bond donors (Lipinski definition) is 1. The highest BCUT2D eigenvalue weighted by atomic mass is 32.2. The van der Waals surface area contributed by atoms with Gasteiger partial charge in [0.15, 0.2) is 0 Å². The number of rotatable bonds is 5. The van der Waals surface area contributed by atoms with Gasteiger partial charge < -0.3 is 4.90 Å². The maximum absolute atomic E-state index is 14.0. The van der Waals surface area contributed by atoms with E-state index in [4.69, 9.17) is 0 Å². The van der Waals surface area contributed by atoms with E-state index < -0.39 is 17.0 Å². The Hall–Kier alpha value is -1.27. The molecular weight excluding hydrogens is 291 g/mol. The second kappa shape index (κ2) is 6.66. The normalized spacial score (nSPS) is 23.9. The summed E-state index contributed by atoms with van der Waals surface area (Å²) in [5.41, 5.74) is 0.455. The van der Waals surface area contributed by atoms with Crippen molar-refractivity contribution in [3.8, 4) is 0 Å². The number of amides is 1. The van der Waals surface area contributed by atoms with Gasteiger partial charge in [0, 0.05) is 34.9 Å². The summed E-state index contributed by atoms with van der Waals surface area (Å²) >= 11 is 0. The van der Waals surface area contributed by atoms with Gasteiger partial charge in [-0.2, -0.15) is 0 Å². The quantitative estimate of drug-likeness (QED) is 0.899.